The average Bonchev–Trinajstić information content (AvgIpc) is 3.18. The molecule has 6 nitrogen and oxygen atoms in total. The predicted molar refractivity (Wildman–Crippen MR) is 142 cm³/mol. The highest BCUT2D eigenvalue weighted by Gasteiger charge is 2.38. The molecule has 0 spiro atoms. The molecule has 0 amide bonds. The molecule has 1 aliphatic heterocycles. The molecular formula is C27H37F3N4O2Si. The van der Waals surface area contributed by atoms with E-state index >= 15 is 0 Å². The number of imidazole rings is 1. The summed E-state index contributed by atoms with van der Waals surface area (Å²) in [6.45, 7) is 0.0505. The number of halogens is 3. The zero-order chi connectivity index (χ0) is 34.3. The minimum absolute atomic E-state index is 0.00766. The lowest BCUT2D eigenvalue weighted by atomic mass is 9.98. The van der Waals surface area contributed by atoms with Crippen molar-refractivity contribution in [2.45, 2.75) is 72.0 Å². The number of rotatable bonds is 6. The van der Waals surface area contributed by atoms with E-state index in [9.17, 15) is 13.2 Å². The van der Waals surface area contributed by atoms with Gasteiger partial charge in [0.1, 0.15) is 5.82 Å². The van der Waals surface area contributed by atoms with Gasteiger partial charge in [-0.1, -0.05) is 32.9 Å². The molecule has 202 valence electrons. The summed E-state index contributed by atoms with van der Waals surface area (Å²) in [6.07, 6.45) is -4.70. The Bertz CT molecular complexity index is 1600. The van der Waals surface area contributed by atoms with Gasteiger partial charge in [-0.15, -0.1) is 5.10 Å². The average molecular weight is 543 g/mol. The quantitative estimate of drug-likeness (QED) is 0.342. The summed E-state index contributed by atoms with van der Waals surface area (Å²) in [5.74, 6) is -0.470. The molecule has 0 N–H and O–H groups in total. The van der Waals surface area contributed by atoms with E-state index in [1.807, 2.05) is 13.1 Å². The van der Waals surface area contributed by atoms with Gasteiger partial charge in [0.15, 0.2) is 14.0 Å². The van der Waals surface area contributed by atoms with E-state index in [1.54, 1.807) is 13.0 Å². The molecule has 0 atom stereocenters. The normalized spacial score (nSPS) is 24.2. The maximum Gasteiger partial charge on any atom is 0.416 e. The molecule has 0 bridgehead atoms. The third kappa shape index (κ3) is 5.71. The van der Waals surface area contributed by atoms with Gasteiger partial charge >= 0.3 is 6.18 Å². The van der Waals surface area contributed by atoms with E-state index < -0.39 is 52.0 Å². The molecule has 37 heavy (non-hydrogen) atoms. The van der Waals surface area contributed by atoms with Crippen molar-refractivity contribution in [2.75, 3.05) is 31.0 Å². The first-order chi connectivity index (χ1) is 20.2. The van der Waals surface area contributed by atoms with Crippen LogP contribution in [0.2, 0.25) is 18.1 Å². The number of hydrogen-bond donors (Lipinski definition) is 0. The van der Waals surface area contributed by atoms with Crippen LogP contribution in [0.3, 0.4) is 0 Å². The summed E-state index contributed by atoms with van der Waals surface area (Å²) in [5.41, 5.74) is 0.755. The predicted octanol–water partition coefficient (Wildman–Crippen LogP) is 6.31. The standard InChI is InChI=1S/C27H37F3N4O2Si/c1-18-15-24(33-11-13-35-14-12-33)32-34-23(16-20-9-8-10-21(19(20)2)27(28,29)30)22(31-25(18)34)17-36-37(6,7)26(3,4)5/h8-10,15H,11-14,16-17H2,1-7H3/i11D2,12D2,13D2,14D2. The molecule has 2 aromatic heterocycles. The first kappa shape index (κ1) is 18.8. The van der Waals surface area contributed by atoms with E-state index in [2.05, 4.69) is 30.6 Å². The van der Waals surface area contributed by atoms with Crippen LogP contribution >= 0.6 is 0 Å². The first-order valence-corrected chi connectivity index (χ1v) is 14.7. The van der Waals surface area contributed by atoms with Crippen LogP contribution in [0.5, 0.6) is 0 Å². The van der Waals surface area contributed by atoms with Crippen molar-refractivity contribution >= 4 is 19.8 Å². The fourth-order valence-electron chi connectivity index (χ4n) is 3.78. The number of ether oxygens (including phenoxy) is 1. The van der Waals surface area contributed by atoms with Crippen LogP contribution in [-0.4, -0.2) is 49.0 Å². The van der Waals surface area contributed by atoms with Gasteiger partial charge < -0.3 is 14.1 Å². The lowest BCUT2D eigenvalue weighted by molar-refractivity contribution is -0.138. The van der Waals surface area contributed by atoms with E-state index in [0.29, 0.717) is 22.5 Å². The Morgan fingerprint density at radius 3 is 2.43 bits per heavy atom. The summed E-state index contributed by atoms with van der Waals surface area (Å²) in [4.78, 5) is 4.97. The number of aryl methyl sites for hydroxylation is 1. The van der Waals surface area contributed by atoms with Crippen molar-refractivity contribution < 1.29 is 33.3 Å². The maximum atomic E-state index is 13.8. The third-order valence-electron chi connectivity index (χ3n) is 7.06. The van der Waals surface area contributed by atoms with Crippen molar-refractivity contribution in [3.63, 3.8) is 0 Å². The molecule has 0 radical (unpaired) electrons. The molecule has 0 unspecified atom stereocenters. The van der Waals surface area contributed by atoms with Gasteiger partial charge in [0.05, 0.1) is 47.6 Å². The van der Waals surface area contributed by atoms with E-state index in [1.165, 1.54) is 23.6 Å². The summed E-state index contributed by atoms with van der Waals surface area (Å²) < 4.78 is 120. The van der Waals surface area contributed by atoms with Crippen molar-refractivity contribution in [2.24, 2.45) is 0 Å². The molecule has 1 aromatic carbocycles. The Morgan fingerprint density at radius 1 is 1.14 bits per heavy atom. The van der Waals surface area contributed by atoms with Gasteiger partial charge in [-0.3, -0.25) is 0 Å². The zero-order valence-corrected chi connectivity index (χ0v) is 23.0. The fraction of sp³-hybridized carbons (Fsp3) is 0.556. The molecule has 1 fully saturated rings. The largest absolute Gasteiger partial charge is 0.416 e. The monoisotopic (exact) mass is 542 g/mol. The van der Waals surface area contributed by atoms with Crippen LogP contribution < -0.4 is 4.90 Å². The van der Waals surface area contributed by atoms with Gasteiger partial charge in [0.2, 0.25) is 0 Å². The fourth-order valence-corrected chi connectivity index (χ4v) is 4.71. The molecule has 0 saturated carbocycles. The molecule has 10 heteroatoms. The number of benzene rings is 1. The van der Waals surface area contributed by atoms with Gasteiger partial charge in [0, 0.05) is 19.4 Å². The summed E-state index contributed by atoms with van der Waals surface area (Å²) >= 11 is 0. The van der Waals surface area contributed by atoms with Gasteiger partial charge in [-0.2, -0.15) is 13.2 Å². The molecule has 0 aliphatic carbocycles. The summed E-state index contributed by atoms with van der Waals surface area (Å²) in [6, 6.07) is 5.08. The molecule has 1 aliphatic rings. The van der Waals surface area contributed by atoms with Crippen LogP contribution in [0, 0.1) is 13.8 Å². The highest BCUT2D eigenvalue weighted by atomic mass is 28.4. The van der Waals surface area contributed by atoms with E-state index in [-0.39, 0.29) is 34.2 Å². The number of hydrogen-bond acceptors (Lipinski definition) is 5. The van der Waals surface area contributed by atoms with E-state index in [0.717, 1.165) is 6.07 Å². The second-order valence-electron chi connectivity index (χ2n) is 10.6. The Labute approximate surface area is 229 Å². The maximum absolute atomic E-state index is 13.8. The third-order valence-corrected chi connectivity index (χ3v) is 11.5. The van der Waals surface area contributed by atoms with E-state index in [4.69, 9.17) is 20.4 Å². The number of anilines is 1. The van der Waals surface area contributed by atoms with Gasteiger partial charge in [-0.25, -0.2) is 9.50 Å². The van der Waals surface area contributed by atoms with Crippen molar-refractivity contribution in [1.82, 2.24) is 14.6 Å². The van der Waals surface area contributed by atoms with Crippen LogP contribution in [0.25, 0.3) is 5.65 Å². The molecule has 3 heterocycles. The summed E-state index contributed by atoms with van der Waals surface area (Å²) in [5, 5.41) is 4.27. The number of morpholine rings is 1. The Kier molecular flexibility index (Phi) is 5.09. The lowest BCUT2D eigenvalue weighted by Gasteiger charge is -2.36. The molecular weight excluding hydrogens is 497 g/mol. The number of alkyl halides is 3. The van der Waals surface area contributed by atoms with Crippen molar-refractivity contribution in [1.29, 1.82) is 0 Å². The molecule has 4 rings (SSSR count). The van der Waals surface area contributed by atoms with Crippen LogP contribution in [-0.2, 0) is 28.4 Å². The minimum atomic E-state index is -4.60. The Hall–Kier alpha value is -2.43. The summed E-state index contributed by atoms with van der Waals surface area (Å²) in [7, 11) is -2.34. The molecule has 3 aromatic rings. The molecule has 1 saturated heterocycles. The Morgan fingerprint density at radius 2 is 1.81 bits per heavy atom. The Balaban J connectivity index is 1.97. The van der Waals surface area contributed by atoms with Crippen LogP contribution in [0.1, 0.15) is 65.4 Å². The number of fused-ring (bicyclic) bond motifs is 1. The minimum Gasteiger partial charge on any atom is -0.411 e. The van der Waals surface area contributed by atoms with Crippen molar-refractivity contribution in [3.05, 3.63) is 57.9 Å². The number of aromatic nitrogens is 3. The second kappa shape index (κ2) is 10.0. The highest BCUT2D eigenvalue weighted by Crippen LogP contribution is 2.38. The van der Waals surface area contributed by atoms with Gasteiger partial charge in [0.25, 0.3) is 0 Å². The first-order valence-electron chi connectivity index (χ1n) is 15.8. The topological polar surface area (TPSA) is 51.9 Å². The van der Waals surface area contributed by atoms with Crippen LogP contribution in [0.15, 0.2) is 24.3 Å². The zero-order valence-electron chi connectivity index (χ0n) is 30.0. The van der Waals surface area contributed by atoms with Crippen LogP contribution in [0.4, 0.5) is 19.0 Å². The van der Waals surface area contributed by atoms with Gasteiger partial charge in [-0.05, 0) is 60.8 Å². The smallest absolute Gasteiger partial charge is 0.411 e. The SMILES string of the molecule is [2H]C1([2H])OC([2H])([2H])C([2H])([2H])N(c2cc(C)c3nc(CO[Si](C)(C)C(C)(C)C)c(Cc4cccc(C(F)(F)F)c4C)n3n2)C1([2H])[2H]. The number of nitrogens with zero attached hydrogens (tertiary/aromatic N) is 4. The highest BCUT2D eigenvalue weighted by molar-refractivity contribution is 6.74. The lowest BCUT2D eigenvalue weighted by Crippen LogP contribution is -2.40. The van der Waals surface area contributed by atoms with Crippen molar-refractivity contribution in [3.8, 4) is 0 Å². The second-order valence-corrected chi connectivity index (χ2v) is 15.4.